The Morgan fingerprint density at radius 3 is 2.75 bits per heavy atom. The van der Waals surface area contributed by atoms with Gasteiger partial charge in [0.15, 0.2) is 0 Å². The van der Waals surface area contributed by atoms with Gasteiger partial charge >= 0.3 is 0 Å². The van der Waals surface area contributed by atoms with Crippen LogP contribution < -0.4 is 4.74 Å². The number of hydrogen-bond donors (Lipinski definition) is 1. The summed E-state index contributed by atoms with van der Waals surface area (Å²) in [6.07, 6.45) is 1.88. The molecule has 4 heteroatoms. The van der Waals surface area contributed by atoms with E-state index in [9.17, 15) is 5.11 Å². The monoisotopic (exact) mass is 218 g/mol. The highest BCUT2D eigenvalue weighted by Gasteiger charge is 2.12. The van der Waals surface area contributed by atoms with Crippen molar-refractivity contribution in [3.05, 3.63) is 36.2 Å². The van der Waals surface area contributed by atoms with Crippen LogP contribution >= 0.6 is 0 Å². The zero-order valence-electron chi connectivity index (χ0n) is 9.34. The first-order valence-corrected chi connectivity index (χ1v) is 5.03. The summed E-state index contributed by atoms with van der Waals surface area (Å²) in [6, 6.07) is 7.70. The first-order valence-electron chi connectivity index (χ1n) is 5.03. The Morgan fingerprint density at radius 2 is 2.06 bits per heavy atom. The molecule has 0 spiro atoms. The standard InChI is InChI=1S/C12H14N2O2/c1-14-7-10(11(8-15)13-14)9-5-3-4-6-12(9)16-2/h3-7,15H,8H2,1-2H3. The van der Waals surface area contributed by atoms with Gasteiger partial charge in [-0.2, -0.15) is 5.10 Å². The van der Waals surface area contributed by atoms with Crippen molar-refractivity contribution in [3.63, 3.8) is 0 Å². The molecule has 0 bridgehead atoms. The number of nitrogens with zero attached hydrogens (tertiary/aromatic N) is 2. The molecule has 0 amide bonds. The largest absolute Gasteiger partial charge is 0.496 e. The van der Waals surface area contributed by atoms with E-state index >= 15 is 0 Å². The van der Waals surface area contributed by atoms with E-state index in [1.165, 1.54) is 0 Å². The van der Waals surface area contributed by atoms with Crippen LogP contribution in [0.4, 0.5) is 0 Å². The van der Waals surface area contributed by atoms with Crippen LogP contribution in [0.3, 0.4) is 0 Å². The molecule has 0 aliphatic heterocycles. The zero-order valence-corrected chi connectivity index (χ0v) is 9.34. The summed E-state index contributed by atoms with van der Waals surface area (Å²) >= 11 is 0. The molecule has 0 unspecified atom stereocenters. The molecule has 0 saturated carbocycles. The highest BCUT2D eigenvalue weighted by atomic mass is 16.5. The number of ether oxygens (including phenoxy) is 1. The van der Waals surface area contributed by atoms with E-state index in [2.05, 4.69) is 5.10 Å². The Kier molecular flexibility index (Phi) is 2.92. The molecular weight excluding hydrogens is 204 g/mol. The Hall–Kier alpha value is -1.81. The zero-order chi connectivity index (χ0) is 11.5. The molecule has 84 valence electrons. The van der Waals surface area contributed by atoms with Crippen LogP contribution in [0.5, 0.6) is 5.75 Å². The predicted octanol–water partition coefficient (Wildman–Crippen LogP) is 1.59. The fourth-order valence-electron chi connectivity index (χ4n) is 1.74. The van der Waals surface area contributed by atoms with Crippen molar-refractivity contribution >= 4 is 0 Å². The molecule has 16 heavy (non-hydrogen) atoms. The lowest BCUT2D eigenvalue weighted by Crippen LogP contribution is -1.91. The first-order chi connectivity index (χ1) is 7.76. The topological polar surface area (TPSA) is 47.3 Å². The third-order valence-electron chi connectivity index (χ3n) is 2.45. The van der Waals surface area contributed by atoms with Gasteiger partial charge in [-0.05, 0) is 6.07 Å². The highest BCUT2D eigenvalue weighted by molar-refractivity contribution is 5.71. The number of aliphatic hydroxyl groups excluding tert-OH is 1. The van der Waals surface area contributed by atoms with E-state index in [4.69, 9.17) is 4.74 Å². The van der Waals surface area contributed by atoms with Crippen LogP contribution in [0.25, 0.3) is 11.1 Å². The van der Waals surface area contributed by atoms with Gasteiger partial charge in [0.1, 0.15) is 5.75 Å². The third-order valence-corrected chi connectivity index (χ3v) is 2.45. The first kappa shape index (κ1) is 10.7. The highest BCUT2D eigenvalue weighted by Crippen LogP contribution is 2.31. The maximum atomic E-state index is 9.24. The molecule has 1 aromatic carbocycles. The van der Waals surface area contributed by atoms with Crippen LogP contribution in [0.1, 0.15) is 5.69 Å². The van der Waals surface area contributed by atoms with Gasteiger partial charge in [0.2, 0.25) is 0 Å². The van der Waals surface area contributed by atoms with Gasteiger partial charge in [0.25, 0.3) is 0 Å². The van der Waals surface area contributed by atoms with E-state index in [1.54, 1.807) is 11.8 Å². The van der Waals surface area contributed by atoms with Crippen molar-refractivity contribution in [3.8, 4) is 16.9 Å². The lowest BCUT2D eigenvalue weighted by atomic mass is 10.1. The van der Waals surface area contributed by atoms with Gasteiger partial charge in [-0.1, -0.05) is 18.2 Å². The number of benzene rings is 1. The molecule has 0 fully saturated rings. The number of methoxy groups -OCH3 is 1. The number of aryl methyl sites for hydroxylation is 1. The van der Waals surface area contributed by atoms with Crippen molar-refractivity contribution in [2.75, 3.05) is 7.11 Å². The molecule has 2 aromatic rings. The Bertz CT molecular complexity index is 492. The molecule has 0 aliphatic carbocycles. The Labute approximate surface area is 94.1 Å². The summed E-state index contributed by atoms with van der Waals surface area (Å²) in [6.45, 7) is -0.0752. The second-order valence-electron chi connectivity index (χ2n) is 3.52. The van der Waals surface area contributed by atoms with Crippen molar-refractivity contribution in [1.82, 2.24) is 9.78 Å². The summed E-state index contributed by atoms with van der Waals surface area (Å²) < 4.78 is 6.98. The van der Waals surface area contributed by atoms with Crippen LogP contribution in [-0.4, -0.2) is 22.0 Å². The van der Waals surface area contributed by atoms with Gasteiger partial charge in [-0.15, -0.1) is 0 Å². The van der Waals surface area contributed by atoms with Gasteiger partial charge in [-0.25, -0.2) is 0 Å². The van der Waals surface area contributed by atoms with Crippen LogP contribution in [0, 0.1) is 0 Å². The molecule has 1 heterocycles. The summed E-state index contributed by atoms with van der Waals surface area (Å²) in [5.41, 5.74) is 2.51. The second kappa shape index (κ2) is 4.37. The summed E-state index contributed by atoms with van der Waals surface area (Å²) in [7, 11) is 3.46. The molecule has 1 aromatic heterocycles. The molecule has 0 radical (unpaired) electrons. The molecule has 0 saturated heterocycles. The number of hydrogen-bond acceptors (Lipinski definition) is 3. The maximum absolute atomic E-state index is 9.24. The van der Waals surface area contributed by atoms with Crippen molar-refractivity contribution in [1.29, 1.82) is 0 Å². The van der Waals surface area contributed by atoms with Gasteiger partial charge in [0, 0.05) is 24.4 Å². The minimum Gasteiger partial charge on any atom is -0.496 e. The second-order valence-corrected chi connectivity index (χ2v) is 3.52. The lowest BCUT2D eigenvalue weighted by Gasteiger charge is -2.06. The molecule has 0 atom stereocenters. The number of para-hydroxylation sites is 1. The Morgan fingerprint density at radius 1 is 1.31 bits per heavy atom. The van der Waals surface area contributed by atoms with Gasteiger partial charge in [-0.3, -0.25) is 4.68 Å². The average Bonchev–Trinajstić information content (AvgIpc) is 2.70. The lowest BCUT2D eigenvalue weighted by molar-refractivity contribution is 0.276. The molecule has 4 nitrogen and oxygen atoms in total. The summed E-state index contributed by atoms with van der Waals surface area (Å²) in [5, 5.41) is 13.4. The number of rotatable bonds is 3. The van der Waals surface area contributed by atoms with E-state index in [1.807, 2.05) is 37.5 Å². The minimum absolute atomic E-state index is 0.0752. The van der Waals surface area contributed by atoms with Crippen molar-refractivity contribution in [2.24, 2.45) is 7.05 Å². The molecule has 1 N–H and O–H groups in total. The maximum Gasteiger partial charge on any atom is 0.126 e. The van der Waals surface area contributed by atoms with E-state index in [0.717, 1.165) is 16.9 Å². The third kappa shape index (κ3) is 1.79. The average molecular weight is 218 g/mol. The SMILES string of the molecule is COc1ccccc1-c1cn(C)nc1CO. The quantitative estimate of drug-likeness (QED) is 0.851. The molecule has 2 rings (SSSR count). The Balaban J connectivity index is 2.57. The van der Waals surface area contributed by atoms with Crippen molar-refractivity contribution < 1.29 is 9.84 Å². The summed E-state index contributed by atoms with van der Waals surface area (Å²) in [4.78, 5) is 0. The predicted molar refractivity (Wildman–Crippen MR) is 61.1 cm³/mol. The van der Waals surface area contributed by atoms with Crippen LogP contribution in [0.15, 0.2) is 30.5 Å². The van der Waals surface area contributed by atoms with E-state index in [-0.39, 0.29) is 6.61 Å². The van der Waals surface area contributed by atoms with Gasteiger partial charge < -0.3 is 9.84 Å². The normalized spacial score (nSPS) is 10.4. The van der Waals surface area contributed by atoms with E-state index in [0.29, 0.717) is 5.69 Å². The summed E-state index contributed by atoms with van der Waals surface area (Å²) in [5.74, 6) is 0.783. The molecular formula is C12H14N2O2. The van der Waals surface area contributed by atoms with Crippen LogP contribution in [-0.2, 0) is 13.7 Å². The fraction of sp³-hybridized carbons (Fsp3) is 0.250. The fourth-order valence-corrected chi connectivity index (χ4v) is 1.74. The molecule has 0 aliphatic rings. The van der Waals surface area contributed by atoms with Crippen molar-refractivity contribution in [2.45, 2.75) is 6.61 Å². The van der Waals surface area contributed by atoms with E-state index < -0.39 is 0 Å². The van der Waals surface area contributed by atoms with Gasteiger partial charge in [0.05, 0.1) is 19.4 Å². The minimum atomic E-state index is -0.0752. The number of aliphatic hydroxyl groups is 1. The number of aromatic nitrogens is 2. The smallest absolute Gasteiger partial charge is 0.126 e. The van der Waals surface area contributed by atoms with Crippen LogP contribution in [0.2, 0.25) is 0 Å².